The van der Waals surface area contributed by atoms with Gasteiger partial charge in [0.05, 0.1) is 6.54 Å². The van der Waals surface area contributed by atoms with Crippen LogP contribution in [0.4, 0.5) is 0 Å². The van der Waals surface area contributed by atoms with Crippen LogP contribution in [0.5, 0.6) is 0 Å². The van der Waals surface area contributed by atoms with Gasteiger partial charge < -0.3 is 5.32 Å². The van der Waals surface area contributed by atoms with Crippen LogP contribution >= 0.6 is 0 Å². The molecule has 0 aromatic heterocycles. The summed E-state index contributed by atoms with van der Waals surface area (Å²) in [7, 11) is 0. The molecule has 0 saturated heterocycles. The Balaban J connectivity index is 3.85. The molecule has 1 N–H and O–H groups in total. The number of amides is 1. The van der Waals surface area contributed by atoms with Crippen LogP contribution in [-0.2, 0) is 4.79 Å². The van der Waals surface area contributed by atoms with E-state index in [1.165, 1.54) is 0 Å². The molecule has 0 atom stereocenters. The normalized spacial score (nSPS) is 10.8. The van der Waals surface area contributed by atoms with Crippen LogP contribution < -0.4 is 5.32 Å². The van der Waals surface area contributed by atoms with Gasteiger partial charge in [0.25, 0.3) is 0 Å². The molecule has 88 valence electrons. The van der Waals surface area contributed by atoms with E-state index in [4.69, 9.17) is 0 Å². The molecule has 0 saturated carbocycles. The lowest BCUT2D eigenvalue weighted by Crippen LogP contribution is -2.39. The number of nitrogens with zero attached hydrogens (tertiary/aromatic N) is 1. The van der Waals surface area contributed by atoms with Gasteiger partial charge in [-0.2, -0.15) is 0 Å². The number of rotatable bonds is 7. The molecule has 0 radical (unpaired) electrons. The summed E-state index contributed by atoms with van der Waals surface area (Å²) in [6.07, 6.45) is 0. The highest BCUT2D eigenvalue weighted by Crippen LogP contribution is 1.95. The van der Waals surface area contributed by atoms with Crippen LogP contribution in [0.2, 0.25) is 0 Å². The molecule has 3 heteroatoms. The predicted molar refractivity (Wildman–Crippen MR) is 64.8 cm³/mol. The quantitative estimate of drug-likeness (QED) is 0.651. The smallest absolute Gasteiger partial charge is 0.234 e. The third-order valence-corrected chi connectivity index (χ3v) is 2.02. The highest BCUT2D eigenvalue weighted by Gasteiger charge is 2.08. The molecule has 0 bridgehead atoms. The van der Waals surface area contributed by atoms with E-state index in [0.717, 1.165) is 25.2 Å². The average molecular weight is 212 g/mol. The van der Waals surface area contributed by atoms with Crippen LogP contribution in [-0.4, -0.2) is 37.0 Å². The van der Waals surface area contributed by atoms with Crippen molar-refractivity contribution in [3.05, 3.63) is 12.2 Å². The summed E-state index contributed by atoms with van der Waals surface area (Å²) in [5.74, 6) is 0.608. The van der Waals surface area contributed by atoms with E-state index in [9.17, 15) is 4.79 Å². The fraction of sp³-hybridized carbons (Fsp3) is 0.750. The number of hydrogen-bond donors (Lipinski definition) is 1. The third kappa shape index (κ3) is 8.18. The maximum Gasteiger partial charge on any atom is 0.234 e. The van der Waals surface area contributed by atoms with Gasteiger partial charge in [0.15, 0.2) is 0 Å². The first-order valence-electron chi connectivity index (χ1n) is 5.59. The molecule has 0 aliphatic rings. The molecule has 0 rings (SSSR count). The van der Waals surface area contributed by atoms with Gasteiger partial charge in [-0.3, -0.25) is 9.69 Å². The lowest BCUT2D eigenvalue weighted by molar-refractivity contribution is -0.122. The molecular weight excluding hydrogens is 188 g/mol. The molecule has 0 aromatic carbocycles. The van der Waals surface area contributed by atoms with Crippen molar-refractivity contribution in [3.63, 3.8) is 0 Å². The Bertz CT molecular complexity index is 212. The van der Waals surface area contributed by atoms with Crippen molar-refractivity contribution in [1.82, 2.24) is 10.2 Å². The first-order chi connectivity index (χ1) is 6.95. The Morgan fingerprint density at radius 3 is 2.40 bits per heavy atom. The van der Waals surface area contributed by atoms with Gasteiger partial charge in [-0.1, -0.05) is 32.9 Å². The second-order valence-corrected chi connectivity index (χ2v) is 4.46. The number of carbonyl (C=O) groups is 1. The average Bonchev–Trinajstić information content (AvgIpc) is 2.13. The molecule has 0 unspecified atom stereocenters. The molecule has 0 aliphatic carbocycles. The highest BCUT2D eigenvalue weighted by molar-refractivity contribution is 5.78. The van der Waals surface area contributed by atoms with E-state index >= 15 is 0 Å². The van der Waals surface area contributed by atoms with Gasteiger partial charge >= 0.3 is 0 Å². The highest BCUT2D eigenvalue weighted by atomic mass is 16.2. The second-order valence-electron chi connectivity index (χ2n) is 4.46. The summed E-state index contributed by atoms with van der Waals surface area (Å²) in [6, 6.07) is 0. The van der Waals surface area contributed by atoms with E-state index in [2.05, 4.69) is 37.6 Å². The van der Waals surface area contributed by atoms with E-state index in [0.29, 0.717) is 12.5 Å². The van der Waals surface area contributed by atoms with E-state index in [1.807, 2.05) is 6.92 Å². The number of carbonyl (C=O) groups excluding carboxylic acids is 1. The zero-order valence-electron chi connectivity index (χ0n) is 10.5. The summed E-state index contributed by atoms with van der Waals surface area (Å²) in [6.45, 7) is 15.0. The Kier molecular flexibility index (Phi) is 7.05. The Labute approximate surface area is 93.5 Å². The maximum atomic E-state index is 11.5. The first-order valence-corrected chi connectivity index (χ1v) is 5.59. The Morgan fingerprint density at radius 1 is 1.40 bits per heavy atom. The van der Waals surface area contributed by atoms with Crippen molar-refractivity contribution in [2.75, 3.05) is 26.2 Å². The van der Waals surface area contributed by atoms with Crippen molar-refractivity contribution >= 4 is 5.91 Å². The standard InChI is InChI=1S/C12H24N2O/c1-6-14(8-11(4)5)9-12(15)13-7-10(2)3/h10H,4,6-9H2,1-3,5H3,(H,13,15). The lowest BCUT2D eigenvalue weighted by atomic mass is 10.2. The largest absolute Gasteiger partial charge is 0.355 e. The van der Waals surface area contributed by atoms with Gasteiger partial charge in [-0.25, -0.2) is 0 Å². The number of likely N-dealkylation sites (N-methyl/N-ethyl adjacent to an activating group) is 1. The monoisotopic (exact) mass is 212 g/mol. The zero-order chi connectivity index (χ0) is 11.8. The molecule has 0 spiro atoms. The fourth-order valence-corrected chi connectivity index (χ4v) is 1.24. The minimum Gasteiger partial charge on any atom is -0.355 e. The predicted octanol–water partition coefficient (Wildman–Crippen LogP) is 1.66. The minimum atomic E-state index is 0.104. The zero-order valence-corrected chi connectivity index (χ0v) is 10.5. The summed E-state index contributed by atoms with van der Waals surface area (Å²) in [5.41, 5.74) is 1.09. The summed E-state index contributed by atoms with van der Waals surface area (Å²) in [5, 5.41) is 2.91. The Hall–Kier alpha value is -0.830. The van der Waals surface area contributed by atoms with Gasteiger partial charge in [0.1, 0.15) is 0 Å². The van der Waals surface area contributed by atoms with Gasteiger partial charge in [0.2, 0.25) is 5.91 Å². The molecule has 3 nitrogen and oxygen atoms in total. The van der Waals surface area contributed by atoms with E-state index < -0.39 is 0 Å². The summed E-state index contributed by atoms with van der Waals surface area (Å²) >= 11 is 0. The van der Waals surface area contributed by atoms with Crippen LogP contribution in [0.25, 0.3) is 0 Å². The SMILES string of the molecule is C=C(C)CN(CC)CC(=O)NCC(C)C. The molecule has 0 aromatic rings. The van der Waals surface area contributed by atoms with Crippen LogP contribution in [0.1, 0.15) is 27.7 Å². The maximum absolute atomic E-state index is 11.5. The topological polar surface area (TPSA) is 32.3 Å². The van der Waals surface area contributed by atoms with Crippen molar-refractivity contribution in [2.45, 2.75) is 27.7 Å². The second kappa shape index (κ2) is 7.46. The molecule has 1 amide bonds. The Morgan fingerprint density at radius 2 is 2.00 bits per heavy atom. The van der Waals surface area contributed by atoms with E-state index in [-0.39, 0.29) is 5.91 Å². The van der Waals surface area contributed by atoms with Crippen molar-refractivity contribution in [2.24, 2.45) is 5.92 Å². The summed E-state index contributed by atoms with van der Waals surface area (Å²) < 4.78 is 0. The lowest BCUT2D eigenvalue weighted by Gasteiger charge is -2.20. The third-order valence-electron chi connectivity index (χ3n) is 2.02. The molecule has 0 heterocycles. The molecule has 15 heavy (non-hydrogen) atoms. The van der Waals surface area contributed by atoms with E-state index in [1.54, 1.807) is 0 Å². The fourth-order valence-electron chi connectivity index (χ4n) is 1.24. The van der Waals surface area contributed by atoms with Crippen LogP contribution in [0, 0.1) is 5.92 Å². The van der Waals surface area contributed by atoms with Crippen molar-refractivity contribution in [3.8, 4) is 0 Å². The number of nitrogens with one attached hydrogen (secondary N) is 1. The number of hydrogen-bond acceptors (Lipinski definition) is 2. The van der Waals surface area contributed by atoms with Gasteiger partial charge in [0, 0.05) is 13.1 Å². The summed E-state index contributed by atoms with van der Waals surface area (Å²) in [4.78, 5) is 13.6. The van der Waals surface area contributed by atoms with Crippen LogP contribution in [0.15, 0.2) is 12.2 Å². The molecule has 0 aliphatic heterocycles. The van der Waals surface area contributed by atoms with Gasteiger partial charge in [-0.05, 0) is 19.4 Å². The van der Waals surface area contributed by atoms with Crippen LogP contribution in [0.3, 0.4) is 0 Å². The first kappa shape index (κ1) is 14.2. The van der Waals surface area contributed by atoms with Crippen molar-refractivity contribution < 1.29 is 4.79 Å². The van der Waals surface area contributed by atoms with Crippen molar-refractivity contribution in [1.29, 1.82) is 0 Å². The minimum absolute atomic E-state index is 0.104. The molecule has 0 fully saturated rings. The van der Waals surface area contributed by atoms with Gasteiger partial charge in [-0.15, -0.1) is 0 Å². The molecular formula is C12H24N2O.